The fourth-order valence-electron chi connectivity index (χ4n) is 3.92. The van der Waals surface area contributed by atoms with E-state index >= 15 is 0 Å². The van der Waals surface area contributed by atoms with Crippen LogP contribution in [0, 0.1) is 5.82 Å². The predicted molar refractivity (Wildman–Crippen MR) is 115 cm³/mol. The van der Waals surface area contributed by atoms with E-state index in [1.54, 1.807) is 12.1 Å². The van der Waals surface area contributed by atoms with Crippen molar-refractivity contribution in [2.45, 2.75) is 32.5 Å². The van der Waals surface area contributed by atoms with Gasteiger partial charge < -0.3 is 9.88 Å². The number of aromatic nitrogens is 1. The van der Waals surface area contributed by atoms with Crippen LogP contribution in [0.4, 0.5) is 4.39 Å². The number of benzene rings is 2. The highest BCUT2D eigenvalue weighted by atomic mass is 35.5. The first-order valence-electron chi connectivity index (χ1n) is 9.59. The lowest BCUT2D eigenvalue weighted by atomic mass is 10.1. The molecule has 4 rings (SSSR count). The molecule has 1 aliphatic heterocycles. The van der Waals surface area contributed by atoms with Crippen molar-refractivity contribution in [3.8, 4) is 0 Å². The van der Waals surface area contributed by atoms with Crippen LogP contribution in [0.1, 0.15) is 29.9 Å². The zero-order valence-corrected chi connectivity index (χ0v) is 17.8. The summed E-state index contributed by atoms with van der Waals surface area (Å²) in [4.78, 5) is 20.6. The van der Waals surface area contributed by atoms with Gasteiger partial charge in [0.1, 0.15) is 11.5 Å². The quantitative estimate of drug-likeness (QED) is 0.604. The Labute approximate surface area is 179 Å². The van der Waals surface area contributed by atoms with Gasteiger partial charge in [-0.3, -0.25) is 9.69 Å². The highest BCUT2D eigenvalue weighted by Gasteiger charge is 2.33. The molecule has 1 aliphatic rings. The van der Waals surface area contributed by atoms with Crippen molar-refractivity contribution >= 4 is 40.0 Å². The molecule has 0 saturated carbocycles. The van der Waals surface area contributed by atoms with Crippen LogP contribution in [0.2, 0.25) is 10.0 Å². The van der Waals surface area contributed by atoms with E-state index in [1.165, 1.54) is 12.1 Å². The average molecular weight is 434 g/mol. The Morgan fingerprint density at radius 1 is 1.07 bits per heavy atom. The van der Waals surface area contributed by atoms with Gasteiger partial charge in [-0.05, 0) is 49.7 Å². The van der Waals surface area contributed by atoms with Gasteiger partial charge in [0.15, 0.2) is 0 Å². The van der Waals surface area contributed by atoms with Crippen LogP contribution >= 0.6 is 23.2 Å². The van der Waals surface area contributed by atoms with E-state index in [4.69, 9.17) is 23.2 Å². The van der Waals surface area contributed by atoms with Crippen molar-refractivity contribution in [1.29, 1.82) is 0 Å². The fraction of sp³-hybridized carbons (Fsp3) is 0.318. The molecule has 0 aliphatic carbocycles. The van der Waals surface area contributed by atoms with E-state index in [0.29, 0.717) is 22.3 Å². The summed E-state index contributed by atoms with van der Waals surface area (Å²) in [6.45, 7) is 6.27. The van der Waals surface area contributed by atoms with Crippen LogP contribution in [-0.4, -0.2) is 45.9 Å². The van der Waals surface area contributed by atoms with Gasteiger partial charge in [0.2, 0.25) is 0 Å². The fourth-order valence-corrected chi connectivity index (χ4v) is 4.26. The van der Waals surface area contributed by atoms with Gasteiger partial charge in [-0.2, -0.15) is 0 Å². The maximum atomic E-state index is 13.2. The number of piperazine rings is 1. The molecule has 7 heteroatoms. The largest absolute Gasteiger partial charge is 0.350 e. The molecule has 3 aromatic rings. The summed E-state index contributed by atoms with van der Waals surface area (Å²) in [5.41, 5.74) is 2.39. The van der Waals surface area contributed by atoms with Crippen molar-refractivity contribution in [3.63, 3.8) is 0 Å². The number of H-pyrrole nitrogens is 1. The number of hydrogen-bond donors (Lipinski definition) is 1. The molecule has 2 aromatic carbocycles. The van der Waals surface area contributed by atoms with Crippen molar-refractivity contribution in [1.82, 2.24) is 14.8 Å². The normalized spacial score (nSPS) is 20.4. The second-order valence-corrected chi connectivity index (χ2v) is 8.56. The van der Waals surface area contributed by atoms with Crippen molar-refractivity contribution < 1.29 is 9.18 Å². The molecule has 1 aromatic heterocycles. The first kappa shape index (κ1) is 20.2. The molecule has 0 bridgehead atoms. The van der Waals surface area contributed by atoms with Crippen LogP contribution in [0.3, 0.4) is 0 Å². The Morgan fingerprint density at radius 3 is 2.48 bits per heavy atom. The van der Waals surface area contributed by atoms with E-state index < -0.39 is 0 Å². The van der Waals surface area contributed by atoms with Crippen LogP contribution in [-0.2, 0) is 6.54 Å². The number of rotatable bonds is 3. The molecule has 1 saturated heterocycles. The lowest BCUT2D eigenvalue weighted by molar-refractivity contribution is 0.0287. The maximum Gasteiger partial charge on any atom is 0.270 e. The molecular formula is C22H22Cl2FN3O. The molecule has 2 heterocycles. The number of fused-ring (bicyclic) bond motifs is 1. The Bertz CT molecular complexity index is 1010. The number of carbonyl (C=O) groups excluding carboxylic acids is 1. The Morgan fingerprint density at radius 2 is 1.76 bits per heavy atom. The highest BCUT2D eigenvalue weighted by molar-refractivity contribution is 6.42. The average Bonchev–Trinajstić information content (AvgIpc) is 3.08. The van der Waals surface area contributed by atoms with Gasteiger partial charge in [-0.25, -0.2) is 4.39 Å². The van der Waals surface area contributed by atoms with Crippen LogP contribution in [0.25, 0.3) is 10.9 Å². The van der Waals surface area contributed by atoms with E-state index in [-0.39, 0.29) is 23.8 Å². The van der Waals surface area contributed by atoms with E-state index in [1.807, 2.05) is 23.1 Å². The van der Waals surface area contributed by atoms with Crippen LogP contribution in [0.5, 0.6) is 0 Å². The second kappa shape index (κ2) is 7.98. The molecule has 29 heavy (non-hydrogen) atoms. The van der Waals surface area contributed by atoms with Gasteiger partial charge in [0, 0.05) is 42.6 Å². The molecule has 1 amide bonds. The molecule has 4 nitrogen and oxygen atoms in total. The molecule has 1 N–H and O–H groups in total. The third-order valence-electron chi connectivity index (χ3n) is 5.57. The lowest BCUT2D eigenvalue weighted by Gasteiger charge is -2.44. The minimum Gasteiger partial charge on any atom is -0.350 e. The third-order valence-corrected chi connectivity index (χ3v) is 6.29. The van der Waals surface area contributed by atoms with Gasteiger partial charge in [-0.1, -0.05) is 35.3 Å². The number of carbonyl (C=O) groups is 1. The molecule has 1 fully saturated rings. The summed E-state index contributed by atoms with van der Waals surface area (Å²) >= 11 is 12.2. The molecule has 0 spiro atoms. The van der Waals surface area contributed by atoms with E-state index in [0.717, 1.165) is 29.6 Å². The Kier molecular flexibility index (Phi) is 5.56. The lowest BCUT2D eigenvalue weighted by Crippen LogP contribution is -2.57. The number of aromatic amines is 1. The summed E-state index contributed by atoms with van der Waals surface area (Å²) in [5, 5.41) is 1.78. The van der Waals surface area contributed by atoms with Crippen molar-refractivity contribution in [3.05, 3.63) is 69.6 Å². The second-order valence-electron chi connectivity index (χ2n) is 7.75. The Hall–Kier alpha value is -2.08. The summed E-state index contributed by atoms with van der Waals surface area (Å²) in [7, 11) is 0. The summed E-state index contributed by atoms with van der Waals surface area (Å²) < 4.78 is 13.2. The van der Waals surface area contributed by atoms with Gasteiger partial charge >= 0.3 is 0 Å². The SMILES string of the molecule is CC1CN(C(=O)c2cc3cc(Cl)c(Cl)cc3[nH]2)C(C)CN1Cc1ccc(F)cc1. The zero-order chi connectivity index (χ0) is 20.7. The number of nitrogens with zero attached hydrogens (tertiary/aromatic N) is 2. The summed E-state index contributed by atoms with van der Waals surface area (Å²) in [6, 6.07) is 12.2. The molecule has 152 valence electrons. The number of halogens is 3. The van der Waals surface area contributed by atoms with Gasteiger partial charge in [0.25, 0.3) is 5.91 Å². The van der Waals surface area contributed by atoms with Gasteiger partial charge in [0.05, 0.1) is 10.0 Å². The van der Waals surface area contributed by atoms with Crippen molar-refractivity contribution in [2.75, 3.05) is 13.1 Å². The standard InChI is InChI=1S/C22H22Cl2FN3O/c1-13-11-28(14(2)10-27(13)12-15-3-5-17(25)6-4-15)22(29)21-8-16-7-18(23)19(24)9-20(16)26-21/h3-9,13-14,26H,10-12H2,1-2H3. The zero-order valence-electron chi connectivity index (χ0n) is 16.3. The minimum absolute atomic E-state index is 0.0331. The van der Waals surface area contributed by atoms with Crippen LogP contribution < -0.4 is 0 Å². The highest BCUT2D eigenvalue weighted by Crippen LogP contribution is 2.29. The minimum atomic E-state index is -0.230. The molecule has 2 unspecified atom stereocenters. The molecular weight excluding hydrogens is 412 g/mol. The smallest absolute Gasteiger partial charge is 0.270 e. The first-order valence-corrected chi connectivity index (χ1v) is 10.3. The summed E-state index contributed by atoms with van der Waals surface area (Å²) in [6.07, 6.45) is 0. The van der Waals surface area contributed by atoms with E-state index in [2.05, 4.69) is 23.7 Å². The van der Waals surface area contributed by atoms with E-state index in [9.17, 15) is 9.18 Å². The van der Waals surface area contributed by atoms with Gasteiger partial charge in [-0.15, -0.1) is 0 Å². The first-order chi connectivity index (χ1) is 13.8. The monoisotopic (exact) mass is 433 g/mol. The third kappa shape index (κ3) is 4.13. The molecule has 0 radical (unpaired) electrons. The number of amides is 1. The molecule has 2 atom stereocenters. The summed E-state index contributed by atoms with van der Waals surface area (Å²) in [5.74, 6) is -0.263. The van der Waals surface area contributed by atoms with Crippen molar-refractivity contribution in [2.24, 2.45) is 0 Å². The predicted octanol–water partition coefficient (Wildman–Crippen LogP) is 5.35. The van der Waals surface area contributed by atoms with Crippen LogP contribution in [0.15, 0.2) is 42.5 Å². The Balaban J connectivity index is 1.49. The number of hydrogen-bond acceptors (Lipinski definition) is 2. The number of nitrogens with one attached hydrogen (secondary N) is 1. The topological polar surface area (TPSA) is 39.3 Å². The maximum absolute atomic E-state index is 13.2.